The molecule has 27 heavy (non-hydrogen) atoms. The Hall–Kier alpha value is -2.77. The highest BCUT2D eigenvalue weighted by Gasteiger charge is 2.30. The molecule has 1 aromatic rings. The maximum absolute atomic E-state index is 12.6. The van der Waals surface area contributed by atoms with Gasteiger partial charge in [0.05, 0.1) is 18.8 Å². The number of rotatable bonds is 4. The van der Waals surface area contributed by atoms with Crippen LogP contribution in [-0.2, 0) is 19.1 Å². The maximum atomic E-state index is 12.6. The second-order valence-electron chi connectivity index (χ2n) is 7.09. The molecule has 148 valence electrons. The topological polar surface area (TPSA) is 94.2 Å². The van der Waals surface area contributed by atoms with Crippen molar-refractivity contribution in [3.05, 3.63) is 23.8 Å². The molecule has 1 unspecified atom stereocenters. The van der Waals surface area contributed by atoms with E-state index in [-0.39, 0.29) is 12.5 Å². The van der Waals surface area contributed by atoms with Gasteiger partial charge in [-0.1, -0.05) is 6.07 Å². The molecule has 8 nitrogen and oxygen atoms in total. The Kier molecular flexibility index (Phi) is 6.30. The normalized spacial score (nSPS) is 14.5. The van der Waals surface area contributed by atoms with Crippen molar-refractivity contribution in [1.29, 1.82) is 0 Å². The van der Waals surface area contributed by atoms with Crippen molar-refractivity contribution < 1.29 is 28.6 Å². The molecule has 8 heteroatoms. The molecule has 0 saturated heterocycles. The number of ether oxygens (including phenoxy) is 3. The third kappa shape index (κ3) is 5.35. The second kappa shape index (κ2) is 8.28. The van der Waals surface area contributed by atoms with Crippen molar-refractivity contribution >= 4 is 23.7 Å². The highest BCUT2D eigenvalue weighted by Crippen LogP contribution is 2.35. The molecule has 1 N–H and O–H groups in total. The lowest BCUT2D eigenvalue weighted by molar-refractivity contribution is -0.147. The van der Waals surface area contributed by atoms with Gasteiger partial charge in [-0.3, -0.25) is 9.69 Å². The van der Waals surface area contributed by atoms with Crippen LogP contribution < -0.4 is 15.0 Å². The van der Waals surface area contributed by atoms with E-state index in [4.69, 9.17) is 14.2 Å². The summed E-state index contributed by atoms with van der Waals surface area (Å²) in [5.41, 5.74) is 0.325. The Morgan fingerprint density at radius 2 is 2.00 bits per heavy atom. The van der Waals surface area contributed by atoms with Gasteiger partial charge in [0.2, 0.25) is 5.91 Å². The number of hydrogen-bond donors (Lipinski definition) is 1. The van der Waals surface area contributed by atoms with Gasteiger partial charge in [-0.05, 0) is 45.4 Å². The van der Waals surface area contributed by atoms with Crippen LogP contribution in [-0.4, -0.2) is 43.3 Å². The Bertz CT molecular complexity index is 725. The van der Waals surface area contributed by atoms with Gasteiger partial charge < -0.3 is 19.5 Å². The Balaban J connectivity index is 2.38. The Morgan fingerprint density at radius 1 is 1.30 bits per heavy atom. The first-order chi connectivity index (χ1) is 12.6. The minimum Gasteiger partial charge on any atom is -0.490 e. The van der Waals surface area contributed by atoms with Gasteiger partial charge in [0.25, 0.3) is 0 Å². The fourth-order valence-electron chi connectivity index (χ4n) is 2.63. The van der Waals surface area contributed by atoms with Crippen LogP contribution in [0.2, 0.25) is 0 Å². The smallest absolute Gasteiger partial charge is 0.415 e. The van der Waals surface area contributed by atoms with Crippen molar-refractivity contribution in [2.45, 2.75) is 46.3 Å². The van der Waals surface area contributed by atoms with Gasteiger partial charge in [0.1, 0.15) is 18.0 Å². The number of nitrogens with one attached hydrogen (secondary N) is 1. The summed E-state index contributed by atoms with van der Waals surface area (Å²) in [5, 5.41) is 2.58. The maximum Gasteiger partial charge on any atom is 0.415 e. The van der Waals surface area contributed by atoms with Crippen molar-refractivity contribution in [2.24, 2.45) is 0 Å². The largest absolute Gasteiger partial charge is 0.490 e. The number of carbonyl (C=O) groups excluding carboxylic acids is 3. The SMILES string of the molecule is CCOC(=O)C(NC(C)=O)c1ccc2c(c1)N(C(=O)OC(C)(C)C)CCO2. The summed E-state index contributed by atoms with van der Waals surface area (Å²) in [6.45, 7) is 9.21. The quantitative estimate of drug-likeness (QED) is 0.809. The summed E-state index contributed by atoms with van der Waals surface area (Å²) in [5.74, 6) is -0.444. The molecule has 0 spiro atoms. The van der Waals surface area contributed by atoms with E-state index >= 15 is 0 Å². The minimum atomic E-state index is -0.977. The number of benzene rings is 1. The van der Waals surface area contributed by atoms with Gasteiger partial charge in [0, 0.05) is 6.92 Å². The van der Waals surface area contributed by atoms with Gasteiger partial charge in [-0.2, -0.15) is 0 Å². The van der Waals surface area contributed by atoms with Gasteiger partial charge in [-0.15, -0.1) is 0 Å². The molecule has 0 saturated carbocycles. The van der Waals surface area contributed by atoms with Crippen LogP contribution in [0, 0.1) is 0 Å². The average Bonchev–Trinajstić information content (AvgIpc) is 2.57. The number of amides is 2. The molecule has 0 radical (unpaired) electrons. The van der Waals surface area contributed by atoms with Crippen LogP contribution in [0.4, 0.5) is 10.5 Å². The molecule has 2 amide bonds. The number of esters is 1. The average molecular weight is 378 g/mol. The standard InChI is InChI=1S/C19H26N2O6/c1-6-25-17(23)16(20-12(2)22)13-7-8-15-14(11-13)21(9-10-26-15)18(24)27-19(3,4)5/h7-8,11,16H,6,9-10H2,1-5H3,(H,20,22). The van der Waals surface area contributed by atoms with E-state index in [1.54, 1.807) is 45.9 Å². The summed E-state index contributed by atoms with van der Waals surface area (Å²) >= 11 is 0. The summed E-state index contributed by atoms with van der Waals surface area (Å²) in [6.07, 6.45) is -0.503. The third-order valence-corrected chi connectivity index (χ3v) is 3.66. The second-order valence-corrected chi connectivity index (χ2v) is 7.09. The van der Waals surface area contributed by atoms with Crippen molar-refractivity contribution in [2.75, 3.05) is 24.7 Å². The van der Waals surface area contributed by atoms with E-state index in [1.165, 1.54) is 11.8 Å². The van der Waals surface area contributed by atoms with E-state index in [9.17, 15) is 14.4 Å². The first-order valence-corrected chi connectivity index (χ1v) is 8.83. The molecular weight excluding hydrogens is 352 g/mol. The monoisotopic (exact) mass is 378 g/mol. The molecule has 1 atom stereocenters. The van der Waals surface area contributed by atoms with Crippen LogP contribution >= 0.6 is 0 Å². The van der Waals surface area contributed by atoms with Gasteiger partial charge in [-0.25, -0.2) is 9.59 Å². The van der Waals surface area contributed by atoms with Crippen molar-refractivity contribution in [3.8, 4) is 5.75 Å². The summed E-state index contributed by atoms with van der Waals surface area (Å²) < 4.78 is 16.1. The molecule has 1 heterocycles. The van der Waals surface area contributed by atoms with Crippen molar-refractivity contribution in [1.82, 2.24) is 5.32 Å². The highest BCUT2D eigenvalue weighted by atomic mass is 16.6. The number of anilines is 1. The fourth-order valence-corrected chi connectivity index (χ4v) is 2.63. The lowest BCUT2D eigenvalue weighted by Gasteiger charge is -2.32. The number of fused-ring (bicyclic) bond motifs is 1. The van der Waals surface area contributed by atoms with Crippen LogP contribution in [0.3, 0.4) is 0 Å². The van der Waals surface area contributed by atoms with E-state index in [0.29, 0.717) is 30.2 Å². The molecule has 0 bridgehead atoms. The zero-order valence-corrected chi connectivity index (χ0v) is 16.3. The third-order valence-electron chi connectivity index (χ3n) is 3.66. The highest BCUT2D eigenvalue weighted by molar-refractivity contribution is 5.91. The van der Waals surface area contributed by atoms with Crippen molar-refractivity contribution in [3.63, 3.8) is 0 Å². The lowest BCUT2D eigenvalue weighted by Crippen LogP contribution is -2.41. The minimum absolute atomic E-state index is 0.188. The van der Waals surface area contributed by atoms with E-state index in [0.717, 1.165) is 0 Å². The first kappa shape index (κ1) is 20.5. The zero-order chi connectivity index (χ0) is 20.2. The predicted molar refractivity (Wildman–Crippen MR) is 98.7 cm³/mol. The van der Waals surface area contributed by atoms with E-state index in [1.807, 2.05) is 0 Å². The van der Waals surface area contributed by atoms with Gasteiger partial charge in [0.15, 0.2) is 6.04 Å². The van der Waals surface area contributed by atoms with Gasteiger partial charge >= 0.3 is 12.1 Å². The molecular formula is C19H26N2O6. The predicted octanol–water partition coefficient (Wildman–Crippen LogP) is 2.56. The zero-order valence-electron chi connectivity index (χ0n) is 16.3. The Labute approximate surface area is 158 Å². The molecule has 0 aromatic heterocycles. The molecule has 0 fully saturated rings. The molecule has 0 aliphatic carbocycles. The summed E-state index contributed by atoms with van der Waals surface area (Å²) in [4.78, 5) is 37.8. The summed E-state index contributed by atoms with van der Waals surface area (Å²) in [7, 11) is 0. The molecule has 1 aromatic carbocycles. The first-order valence-electron chi connectivity index (χ1n) is 8.83. The summed E-state index contributed by atoms with van der Waals surface area (Å²) in [6, 6.07) is 3.98. The number of hydrogen-bond acceptors (Lipinski definition) is 6. The fraction of sp³-hybridized carbons (Fsp3) is 0.526. The Morgan fingerprint density at radius 3 is 2.59 bits per heavy atom. The molecule has 2 rings (SSSR count). The molecule has 1 aliphatic rings. The van der Waals surface area contributed by atoms with Crippen LogP contribution in [0.25, 0.3) is 0 Å². The number of carbonyl (C=O) groups is 3. The molecule has 1 aliphatic heterocycles. The van der Waals surface area contributed by atoms with Crippen LogP contribution in [0.15, 0.2) is 18.2 Å². The van der Waals surface area contributed by atoms with Crippen LogP contribution in [0.1, 0.15) is 46.2 Å². The lowest BCUT2D eigenvalue weighted by atomic mass is 10.0. The van der Waals surface area contributed by atoms with E-state index < -0.39 is 23.7 Å². The van der Waals surface area contributed by atoms with E-state index in [2.05, 4.69) is 5.32 Å². The number of nitrogens with zero attached hydrogens (tertiary/aromatic N) is 1. The van der Waals surface area contributed by atoms with Crippen LogP contribution in [0.5, 0.6) is 5.75 Å².